The van der Waals surface area contributed by atoms with Crippen molar-refractivity contribution in [3.05, 3.63) is 23.8 Å². The fourth-order valence-corrected chi connectivity index (χ4v) is 1.77. The molecular formula is C13H13F3N2O2. The van der Waals surface area contributed by atoms with E-state index in [4.69, 9.17) is 10.5 Å². The first kappa shape index (κ1) is 14.2. The van der Waals surface area contributed by atoms with E-state index in [1.807, 2.05) is 6.92 Å². The number of aromatic hydroxyl groups is 1. The zero-order valence-electron chi connectivity index (χ0n) is 10.7. The highest BCUT2D eigenvalue weighted by Gasteiger charge is 2.34. The van der Waals surface area contributed by atoms with E-state index in [9.17, 15) is 18.3 Å². The molecule has 1 aromatic carbocycles. The number of aromatic nitrogens is 1. The van der Waals surface area contributed by atoms with E-state index in [0.29, 0.717) is 6.42 Å². The Morgan fingerprint density at radius 3 is 2.60 bits per heavy atom. The number of rotatable bonds is 3. The van der Waals surface area contributed by atoms with Crippen LogP contribution in [0, 0.1) is 0 Å². The Morgan fingerprint density at radius 2 is 2.00 bits per heavy atom. The SMILES string of the molecule is CCCOc1cc(C(F)(F)F)c2cc(N)c(O)cc2n1. The van der Waals surface area contributed by atoms with Crippen molar-refractivity contribution >= 4 is 16.6 Å². The van der Waals surface area contributed by atoms with Crippen molar-refractivity contribution in [2.24, 2.45) is 0 Å². The maximum absolute atomic E-state index is 13.1. The van der Waals surface area contributed by atoms with Gasteiger partial charge in [-0.15, -0.1) is 0 Å². The number of anilines is 1. The lowest BCUT2D eigenvalue weighted by Gasteiger charge is -2.13. The van der Waals surface area contributed by atoms with Crippen molar-refractivity contribution in [2.45, 2.75) is 19.5 Å². The third-order valence-electron chi connectivity index (χ3n) is 2.69. The first-order chi connectivity index (χ1) is 9.32. The molecule has 7 heteroatoms. The molecule has 0 atom stereocenters. The maximum Gasteiger partial charge on any atom is 0.417 e. The minimum Gasteiger partial charge on any atom is -0.506 e. The predicted molar refractivity (Wildman–Crippen MR) is 68.6 cm³/mol. The van der Waals surface area contributed by atoms with Gasteiger partial charge in [0.2, 0.25) is 5.88 Å². The van der Waals surface area contributed by atoms with Crippen molar-refractivity contribution in [1.82, 2.24) is 4.98 Å². The van der Waals surface area contributed by atoms with Crippen LogP contribution in [0.5, 0.6) is 11.6 Å². The number of nitrogen functional groups attached to an aromatic ring is 1. The molecule has 4 nitrogen and oxygen atoms in total. The highest BCUT2D eigenvalue weighted by atomic mass is 19.4. The van der Waals surface area contributed by atoms with Crippen molar-refractivity contribution in [3.8, 4) is 11.6 Å². The number of nitrogens with two attached hydrogens (primary N) is 1. The fourth-order valence-electron chi connectivity index (χ4n) is 1.77. The van der Waals surface area contributed by atoms with Crippen LogP contribution in [-0.4, -0.2) is 16.7 Å². The second kappa shape index (κ2) is 5.07. The molecule has 0 saturated heterocycles. The lowest BCUT2D eigenvalue weighted by molar-refractivity contribution is -0.136. The summed E-state index contributed by atoms with van der Waals surface area (Å²) < 4.78 is 44.3. The Labute approximate surface area is 113 Å². The van der Waals surface area contributed by atoms with Gasteiger partial charge in [0.05, 0.1) is 23.4 Å². The summed E-state index contributed by atoms with van der Waals surface area (Å²) in [5.74, 6) is -0.443. The molecule has 3 N–H and O–H groups in total. The van der Waals surface area contributed by atoms with Crippen LogP contribution in [0.1, 0.15) is 18.9 Å². The highest BCUT2D eigenvalue weighted by Crippen LogP contribution is 2.38. The minimum atomic E-state index is -4.56. The Kier molecular flexibility index (Phi) is 3.61. The molecule has 0 fully saturated rings. The number of hydrogen-bond acceptors (Lipinski definition) is 4. The highest BCUT2D eigenvalue weighted by molar-refractivity contribution is 5.88. The van der Waals surface area contributed by atoms with Crippen LogP contribution in [0.15, 0.2) is 18.2 Å². The van der Waals surface area contributed by atoms with E-state index in [1.165, 1.54) is 0 Å². The summed E-state index contributed by atoms with van der Waals surface area (Å²) in [7, 11) is 0. The molecule has 0 aliphatic rings. The third-order valence-corrected chi connectivity index (χ3v) is 2.69. The molecule has 0 radical (unpaired) electrons. The fraction of sp³-hybridized carbons (Fsp3) is 0.308. The van der Waals surface area contributed by atoms with Gasteiger partial charge in [0.15, 0.2) is 0 Å². The Balaban J connectivity index is 2.68. The van der Waals surface area contributed by atoms with Crippen molar-refractivity contribution in [2.75, 3.05) is 12.3 Å². The number of nitrogens with zero attached hydrogens (tertiary/aromatic N) is 1. The predicted octanol–water partition coefficient (Wildman–Crippen LogP) is 3.33. The molecule has 0 amide bonds. The summed E-state index contributed by atoms with van der Waals surface area (Å²) in [4.78, 5) is 3.95. The molecule has 0 spiro atoms. The number of alkyl halides is 3. The molecular weight excluding hydrogens is 273 g/mol. The number of hydrogen-bond donors (Lipinski definition) is 2. The first-order valence-electron chi connectivity index (χ1n) is 5.96. The molecule has 108 valence electrons. The summed E-state index contributed by atoms with van der Waals surface area (Å²) in [6.45, 7) is 2.09. The van der Waals surface area contributed by atoms with E-state index < -0.39 is 11.7 Å². The molecule has 1 heterocycles. The number of halogens is 3. The second-order valence-corrected chi connectivity index (χ2v) is 4.28. The first-order valence-corrected chi connectivity index (χ1v) is 5.96. The standard InChI is InChI=1S/C13H13F3N2O2/c1-2-3-20-12-5-8(13(14,15)16)7-4-9(17)11(19)6-10(7)18-12/h4-6,19H,2-3,17H2,1H3. The van der Waals surface area contributed by atoms with Crippen LogP contribution >= 0.6 is 0 Å². The summed E-state index contributed by atoms with van der Waals surface area (Å²) in [5, 5.41) is 9.32. The minimum absolute atomic E-state index is 0.0161. The number of phenolic OH excluding ortho intramolecular Hbond substituents is 1. The average molecular weight is 286 g/mol. The number of benzene rings is 1. The van der Waals surface area contributed by atoms with Crippen LogP contribution in [-0.2, 0) is 6.18 Å². The molecule has 2 rings (SSSR count). The number of ether oxygens (including phenoxy) is 1. The number of fused-ring (bicyclic) bond motifs is 1. The molecule has 0 unspecified atom stereocenters. The van der Waals surface area contributed by atoms with E-state index in [1.54, 1.807) is 0 Å². The zero-order valence-corrected chi connectivity index (χ0v) is 10.7. The van der Waals surface area contributed by atoms with E-state index >= 15 is 0 Å². The molecule has 0 aliphatic carbocycles. The number of pyridine rings is 1. The largest absolute Gasteiger partial charge is 0.506 e. The van der Waals surface area contributed by atoms with Gasteiger partial charge >= 0.3 is 6.18 Å². The number of phenols is 1. The molecule has 0 bridgehead atoms. The van der Waals surface area contributed by atoms with Crippen LogP contribution in [0.3, 0.4) is 0 Å². The quantitative estimate of drug-likeness (QED) is 0.671. The zero-order chi connectivity index (χ0) is 14.9. The summed E-state index contributed by atoms with van der Waals surface area (Å²) in [6.07, 6.45) is -3.91. The summed E-state index contributed by atoms with van der Waals surface area (Å²) in [5.41, 5.74) is 4.40. The lowest BCUT2D eigenvalue weighted by atomic mass is 10.1. The molecule has 20 heavy (non-hydrogen) atoms. The Morgan fingerprint density at radius 1 is 1.30 bits per heavy atom. The second-order valence-electron chi connectivity index (χ2n) is 4.28. The van der Waals surface area contributed by atoms with Gasteiger partial charge in [0, 0.05) is 17.5 Å². The van der Waals surface area contributed by atoms with Gasteiger partial charge in [-0.25, -0.2) is 4.98 Å². The van der Waals surface area contributed by atoms with Crippen LogP contribution in [0.4, 0.5) is 18.9 Å². The summed E-state index contributed by atoms with van der Waals surface area (Å²) >= 11 is 0. The Hall–Kier alpha value is -2.18. The van der Waals surface area contributed by atoms with Crippen molar-refractivity contribution < 1.29 is 23.0 Å². The van der Waals surface area contributed by atoms with Crippen molar-refractivity contribution in [1.29, 1.82) is 0 Å². The van der Waals surface area contributed by atoms with Gasteiger partial charge < -0.3 is 15.6 Å². The third kappa shape index (κ3) is 2.71. The van der Waals surface area contributed by atoms with Gasteiger partial charge in [-0.2, -0.15) is 13.2 Å². The van der Waals surface area contributed by atoms with Crippen LogP contribution < -0.4 is 10.5 Å². The smallest absolute Gasteiger partial charge is 0.417 e. The average Bonchev–Trinajstić information content (AvgIpc) is 2.36. The van der Waals surface area contributed by atoms with Gasteiger partial charge in [-0.1, -0.05) is 6.92 Å². The van der Waals surface area contributed by atoms with Crippen molar-refractivity contribution in [3.63, 3.8) is 0 Å². The lowest BCUT2D eigenvalue weighted by Crippen LogP contribution is -2.08. The van der Waals surface area contributed by atoms with Crippen LogP contribution in [0.25, 0.3) is 10.9 Å². The Bertz CT molecular complexity index is 642. The molecule has 0 saturated carbocycles. The molecule has 0 aliphatic heterocycles. The van der Waals surface area contributed by atoms with Crippen LogP contribution in [0.2, 0.25) is 0 Å². The van der Waals surface area contributed by atoms with Gasteiger partial charge in [0.25, 0.3) is 0 Å². The van der Waals surface area contributed by atoms with Gasteiger partial charge in [0.1, 0.15) is 5.75 Å². The van der Waals surface area contributed by atoms with Gasteiger partial charge in [-0.05, 0) is 12.5 Å². The molecule has 2 aromatic rings. The van der Waals surface area contributed by atoms with E-state index in [0.717, 1.165) is 18.2 Å². The maximum atomic E-state index is 13.1. The monoisotopic (exact) mass is 286 g/mol. The van der Waals surface area contributed by atoms with E-state index in [2.05, 4.69) is 4.98 Å². The normalized spacial score (nSPS) is 11.8. The summed E-state index contributed by atoms with van der Waals surface area (Å²) in [6, 6.07) is 3.00. The molecule has 1 aromatic heterocycles. The van der Waals surface area contributed by atoms with E-state index in [-0.39, 0.29) is 34.8 Å². The topological polar surface area (TPSA) is 68.4 Å². The van der Waals surface area contributed by atoms with Gasteiger partial charge in [-0.3, -0.25) is 0 Å².